The van der Waals surface area contributed by atoms with Gasteiger partial charge in [-0.1, -0.05) is 60.7 Å². The number of nitrogen functional groups attached to an aromatic ring is 1. The number of esters is 1. The van der Waals surface area contributed by atoms with Gasteiger partial charge in [0.1, 0.15) is 5.82 Å². The molecule has 0 saturated heterocycles. The number of rotatable bonds is 7. The van der Waals surface area contributed by atoms with Crippen LogP contribution in [0.15, 0.2) is 78.9 Å². The molecule has 1 unspecified atom stereocenters. The maximum absolute atomic E-state index is 13.1. The zero-order valence-corrected chi connectivity index (χ0v) is 15.7. The Balaban J connectivity index is 1.64. The third-order valence-corrected chi connectivity index (χ3v) is 4.39. The van der Waals surface area contributed by atoms with E-state index < -0.39 is 24.3 Å². The first-order valence-electron chi connectivity index (χ1n) is 9.13. The van der Waals surface area contributed by atoms with Crippen LogP contribution in [0.2, 0.25) is 0 Å². The molecule has 5 nitrogen and oxygen atoms in total. The number of benzene rings is 3. The highest BCUT2D eigenvalue weighted by molar-refractivity contribution is 5.96. The summed E-state index contributed by atoms with van der Waals surface area (Å²) in [6.07, 6.45) is 0.593. The quantitative estimate of drug-likeness (QED) is 0.475. The predicted molar refractivity (Wildman–Crippen MR) is 109 cm³/mol. The molecule has 3 N–H and O–H groups in total. The number of nitrogens with two attached hydrogens (primary N) is 1. The molecule has 3 aromatic rings. The van der Waals surface area contributed by atoms with Crippen molar-refractivity contribution in [3.05, 3.63) is 101 Å². The Morgan fingerprint density at radius 2 is 1.62 bits per heavy atom. The van der Waals surface area contributed by atoms with E-state index in [2.05, 4.69) is 5.32 Å². The average Bonchev–Trinajstić information content (AvgIpc) is 2.73. The summed E-state index contributed by atoms with van der Waals surface area (Å²) in [6.45, 7) is -0.465. The van der Waals surface area contributed by atoms with Crippen LogP contribution in [0, 0.1) is 5.82 Å². The summed E-state index contributed by atoms with van der Waals surface area (Å²) in [5, 5.41) is 2.90. The van der Waals surface area contributed by atoms with Gasteiger partial charge in [-0.25, -0.2) is 9.18 Å². The summed E-state index contributed by atoms with van der Waals surface area (Å²) in [5.74, 6) is -1.77. The molecule has 0 spiro atoms. The molecule has 3 rings (SSSR count). The second kappa shape index (κ2) is 9.50. The topological polar surface area (TPSA) is 81.4 Å². The monoisotopic (exact) mass is 392 g/mol. The van der Waals surface area contributed by atoms with Gasteiger partial charge in [0.05, 0.1) is 11.6 Å². The molecular formula is C23H21FN2O3. The van der Waals surface area contributed by atoms with Crippen molar-refractivity contribution in [1.82, 2.24) is 5.32 Å². The minimum absolute atomic E-state index is 0.0168. The summed E-state index contributed by atoms with van der Waals surface area (Å²) >= 11 is 0. The van der Waals surface area contributed by atoms with Crippen LogP contribution in [-0.2, 0) is 16.0 Å². The number of anilines is 1. The number of amides is 1. The van der Waals surface area contributed by atoms with Crippen molar-refractivity contribution in [3.63, 3.8) is 0 Å². The molecule has 0 aliphatic rings. The first-order valence-corrected chi connectivity index (χ1v) is 9.13. The van der Waals surface area contributed by atoms with Crippen LogP contribution in [-0.4, -0.2) is 18.5 Å². The smallest absolute Gasteiger partial charge is 0.340 e. The highest BCUT2D eigenvalue weighted by Gasteiger charge is 2.18. The molecular weight excluding hydrogens is 371 g/mol. The first kappa shape index (κ1) is 20.1. The summed E-state index contributed by atoms with van der Waals surface area (Å²) in [7, 11) is 0. The number of hydrogen-bond donors (Lipinski definition) is 2. The molecule has 1 atom stereocenters. The molecule has 1 amide bonds. The molecule has 0 bridgehead atoms. The maximum atomic E-state index is 13.1. The Morgan fingerprint density at radius 3 is 2.28 bits per heavy atom. The van der Waals surface area contributed by atoms with Gasteiger partial charge in [0.2, 0.25) is 0 Å². The number of halogens is 1. The molecule has 0 heterocycles. The summed E-state index contributed by atoms with van der Waals surface area (Å²) in [4.78, 5) is 24.5. The van der Waals surface area contributed by atoms with Crippen molar-refractivity contribution in [1.29, 1.82) is 0 Å². The zero-order chi connectivity index (χ0) is 20.6. The van der Waals surface area contributed by atoms with E-state index in [0.29, 0.717) is 6.42 Å². The number of ether oxygens (including phenoxy) is 1. The van der Waals surface area contributed by atoms with Crippen molar-refractivity contribution >= 4 is 17.6 Å². The van der Waals surface area contributed by atoms with Gasteiger partial charge in [0.15, 0.2) is 6.61 Å². The van der Waals surface area contributed by atoms with E-state index in [9.17, 15) is 14.0 Å². The Hall–Kier alpha value is -3.67. The number of carbonyl (C=O) groups is 2. The third kappa shape index (κ3) is 5.65. The van der Waals surface area contributed by atoms with Crippen molar-refractivity contribution in [3.8, 4) is 0 Å². The van der Waals surface area contributed by atoms with Gasteiger partial charge >= 0.3 is 5.97 Å². The standard InChI is InChI=1S/C23H21FN2O3/c24-18-11-12-19(20(25)14-18)23(28)29-15-22(27)26-21(17-9-5-2-6-10-17)13-16-7-3-1-4-8-16/h1-12,14,21H,13,15,25H2,(H,26,27). The van der Waals surface area contributed by atoms with Crippen molar-refractivity contribution < 1.29 is 18.7 Å². The van der Waals surface area contributed by atoms with Crippen LogP contribution in [0.1, 0.15) is 27.5 Å². The summed E-state index contributed by atoms with van der Waals surface area (Å²) in [6, 6.07) is 22.4. The molecule has 148 valence electrons. The molecule has 29 heavy (non-hydrogen) atoms. The maximum Gasteiger partial charge on any atom is 0.340 e. The number of hydrogen-bond acceptors (Lipinski definition) is 4. The van der Waals surface area contributed by atoms with Gasteiger partial charge < -0.3 is 15.8 Å². The van der Waals surface area contributed by atoms with Gasteiger partial charge in [-0.3, -0.25) is 4.79 Å². The predicted octanol–water partition coefficient (Wildman–Crippen LogP) is 3.66. The number of carbonyl (C=O) groups excluding carboxylic acids is 2. The molecule has 0 aliphatic heterocycles. The van der Waals surface area contributed by atoms with Crippen LogP contribution in [0.25, 0.3) is 0 Å². The van der Waals surface area contributed by atoms with Crippen molar-refractivity contribution in [2.75, 3.05) is 12.3 Å². The second-order valence-electron chi connectivity index (χ2n) is 6.53. The van der Waals surface area contributed by atoms with E-state index >= 15 is 0 Å². The molecule has 0 radical (unpaired) electrons. The second-order valence-corrected chi connectivity index (χ2v) is 6.53. The Kier molecular flexibility index (Phi) is 6.58. The van der Waals surface area contributed by atoms with E-state index in [1.165, 1.54) is 6.07 Å². The van der Waals surface area contributed by atoms with Gasteiger partial charge in [-0.05, 0) is 35.7 Å². The molecule has 0 saturated carbocycles. The van der Waals surface area contributed by atoms with E-state index in [1.54, 1.807) is 0 Å². The lowest BCUT2D eigenvalue weighted by Gasteiger charge is -2.19. The Morgan fingerprint density at radius 1 is 0.966 bits per heavy atom. The van der Waals surface area contributed by atoms with Crippen LogP contribution in [0.5, 0.6) is 0 Å². The normalized spacial score (nSPS) is 11.5. The highest BCUT2D eigenvalue weighted by Crippen LogP contribution is 2.19. The minimum atomic E-state index is -0.781. The lowest BCUT2D eigenvalue weighted by molar-refractivity contribution is -0.125. The molecule has 6 heteroatoms. The first-order chi connectivity index (χ1) is 14.0. The summed E-state index contributed by atoms with van der Waals surface area (Å²) in [5.41, 5.74) is 7.62. The largest absolute Gasteiger partial charge is 0.452 e. The number of nitrogens with one attached hydrogen (secondary N) is 1. The highest BCUT2D eigenvalue weighted by atomic mass is 19.1. The molecule has 3 aromatic carbocycles. The van der Waals surface area contributed by atoms with Gasteiger partial charge in [0, 0.05) is 5.69 Å². The fourth-order valence-electron chi connectivity index (χ4n) is 2.95. The van der Waals surface area contributed by atoms with Gasteiger partial charge in [-0.15, -0.1) is 0 Å². The lowest BCUT2D eigenvalue weighted by atomic mass is 9.99. The van der Waals surface area contributed by atoms with Crippen LogP contribution < -0.4 is 11.1 Å². The molecule has 0 aromatic heterocycles. The van der Waals surface area contributed by atoms with Crippen LogP contribution in [0.3, 0.4) is 0 Å². The van der Waals surface area contributed by atoms with Crippen LogP contribution in [0.4, 0.5) is 10.1 Å². The third-order valence-electron chi connectivity index (χ3n) is 4.39. The van der Waals surface area contributed by atoms with Gasteiger partial charge in [0.25, 0.3) is 5.91 Å². The van der Waals surface area contributed by atoms with E-state index in [0.717, 1.165) is 23.3 Å². The summed E-state index contributed by atoms with van der Waals surface area (Å²) < 4.78 is 18.2. The minimum Gasteiger partial charge on any atom is -0.452 e. The fraction of sp³-hybridized carbons (Fsp3) is 0.130. The Bertz CT molecular complexity index is 978. The van der Waals surface area contributed by atoms with E-state index in [4.69, 9.17) is 10.5 Å². The Labute approximate surface area is 168 Å². The van der Waals surface area contributed by atoms with E-state index in [-0.39, 0.29) is 17.3 Å². The fourth-order valence-corrected chi connectivity index (χ4v) is 2.95. The van der Waals surface area contributed by atoms with E-state index in [1.807, 2.05) is 60.7 Å². The zero-order valence-electron chi connectivity index (χ0n) is 15.7. The van der Waals surface area contributed by atoms with Crippen LogP contribution >= 0.6 is 0 Å². The SMILES string of the molecule is Nc1cc(F)ccc1C(=O)OCC(=O)NC(Cc1ccccc1)c1ccccc1. The molecule has 0 aliphatic carbocycles. The van der Waals surface area contributed by atoms with Crippen molar-refractivity contribution in [2.45, 2.75) is 12.5 Å². The molecule has 0 fully saturated rings. The van der Waals surface area contributed by atoms with Gasteiger partial charge in [-0.2, -0.15) is 0 Å². The average molecular weight is 392 g/mol. The lowest BCUT2D eigenvalue weighted by Crippen LogP contribution is -2.33. The van der Waals surface area contributed by atoms with Crippen molar-refractivity contribution in [2.24, 2.45) is 0 Å².